The zero-order valence-electron chi connectivity index (χ0n) is 15.8. The molecule has 1 aliphatic rings. The van der Waals surface area contributed by atoms with Crippen LogP contribution in [0.4, 0.5) is 5.69 Å². The molecule has 1 heterocycles. The van der Waals surface area contributed by atoms with Crippen LogP contribution >= 0.6 is 0 Å². The Hall–Kier alpha value is -2.45. The van der Waals surface area contributed by atoms with Gasteiger partial charge in [-0.05, 0) is 43.0 Å². The molecule has 2 rings (SSSR count). The van der Waals surface area contributed by atoms with E-state index in [0.29, 0.717) is 24.5 Å². The quantitative estimate of drug-likeness (QED) is 0.556. The second-order valence-electron chi connectivity index (χ2n) is 6.97. The first-order valence-corrected chi connectivity index (χ1v) is 9.18. The summed E-state index contributed by atoms with van der Waals surface area (Å²) in [5.74, 6) is -0.874. The summed E-state index contributed by atoms with van der Waals surface area (Å²) in [6.07, 6.45) is 1.62. The predicted molar refractivity (Wildman–Crippen MR) is 102 cm³/mol. The first-order valence-electron chi connectivity index (χ1n) is 9.18. The third-order valence-corrected chi connectivity index (χ3v) is 4.43. The van der Waals surface area contributed by atoms with E-state index in [9.17, 15) is 14.4 Å². The number of hydrogen-bond donors (Lipinski definition) is 4. The summed E-state index contributed by atoms with van der Waals surface area (Å²) in [6, 6.07) is 6.09. The number of carbonyl (C=O) groups is 3. The maximum absolute atomic E-state index is 12.2. The van der Waals surface area contributed by atoms with Gasteiger partial charge in [-0.3, -0.25) is 14.4 Å². The highest BCUT2D eigenvalue weighted by molar-refractivity contribution is 5.97. The number of amides is 3. The van der Waals surface area contributed by atoms with Crippen molar-refractivity contribution in [3.05, 3.63) is 29.8 Å². The monoisotopic (exact) mass is 376 g/mol. The fourth-order valence-corrected chi connectivity index (χ4v) is 2.61. The van der Waals surface area contributed by atoms with Crippen molar-refractivity contribution in [2.45, 2.75) is 38.8 Å². The summed E-state index contributed by atoms with van der Waals surface area (Å²) in [5, 5.41) is 8.16. The van der Waals surface area contributed by atoms with Gasteiger partial charge in [0.2, 0.25) is 11.8 Å². The van der Waals surface area contributed by atoms with Crippen LogP contribution in [0.3, 0.4) is 0 Å². The molecule has 8 heteroatoms. The van der Waals surface area contributed by atoms with E-state index < -0.39 is 6.04 Å². The van der Waals surface area contributed by atoms with E-state index in [0.717, 1.165) is 12.8 Å². The molecule has 1 aromatic rings. The zero-order valence-corrected chi connectivity index (χ0v) is 15.8. The molecule has 5 N–H and O–H groups in total. The molecule has 1 aromatic carbocycles. The summed E-state index contributed by atoms with van der Waals surface area (Å²) >= 11 is 0. The number of nitrogens with two attached hydrogens (primary N) is 1. The van der Waals surface area contributed by atoms with Crippen LogP contribution in [-0.4, -0.2) is 49.6 Å². The molecule has 148 valence electrons. The van der Waals surface area contributed by atoms with E-state index in [1.165, 1.54) is 0 Å². The number of ether oxygens (including phenoxy) is 1. The van der Waals surface area contributed by atoms with Gasteiger partial charge >= 0.3 is 0 Å². The Morgan fingerprint density at radius 2 is 1.78 bits per heavy atom. The summed E-state index contributed by atoms with van der Waals surface area (Å²) in [6.45, 7) is 4.84. The van der Waals surface area contributed by atoms with Crippen LogP contribution in [0.15, 0.2) is 24.3 Å². The fourth-order valence-electron chi connectivity index (χ4n) is 2.61. The van der Waals surface area contributed by atoms with Crippen LogP contribution in [0.1, 0.15) is 37.0 Å². The number of rotatable bonds is 7. The lowest BCUT2D eigenvalue weighted by molar-refractivity contribution is -0.125. The van der Waals surface area contributed by atoms with Crippen molar-refractivity contribution >= 4 is 23.4 Å². The van der Waals surface area contributed by atoms with Gasteiger partial charge in [0.15, 0.2) is 0 Å². The molecule has 0 aromatic heterocycles. The van der Waals surface area contributed by atoms with Gasteiger partial charge in [0.25, 0.3) is 5.91 Å². The van der Waals surface area contributed by atoms with E-state index >= 15 is 0 Å². The van der Waals surface area contributed by atoms with Crippen LogP contribution in [-0.2, 0) is 14.3 Å². The lowest BCUT2D eigenvalue weighted by Crippen LogP contribution is -2.46. The van der Waals surface area contributed by atoms with E-state index in [-0.39, 0.29) is 36.2 Å². The molecule has 0 bridgehead atoms. The topological polar surface area (TPSA) is 123 Å². The Morgan fingerprint density at radius 1 is 1.15 bits per heavy atom. The molecule has 27 heavy (non-hydrogen) atoms. The molecule has 0 aliphatic carbocycles. The van der Waals surface area contributed by atoms with Crippen molar-refractivity contribution in [1.82, 2.24) is 10.6 Å². The molecule has 3 amide bonds. The Balaban J connectivity index is 1.79. The maximum Gasteiger partial charge on any atom is 0.251 e. The number of hydrogen-bond acceptors (Lipinski definition) is 5. The van der Waals surface area contributed by atoms with Gasteiger partial charge in [-0.1, -0.05) is 13.8 Å². The van der Waals surface area contributed by atoms with E-state index in [2.05, 4.69) is 16.0 Å². The summed E-state index contributed by atoms with van der Waals surface area (Å²) in [5.41, 5.74) is 6.79. The largest absolute Gasteiger partial charge is 0.381 e. The van der Waals surface area contributed by atoms with Gasteiger partial charge in [-0.25, -0.2) is 0 Å². The molecular weight excluding hydrogens is 348 g/mol. The van der Waals surface area contributed by atoms with Crippen LogP contribution in [0.25, 0.3) is 0 Å². The normalized spacial score (nSPS) is 15.9. The second-order valence-corrected chi connectivity index (χ2v) is 6.97. The standard InChI is InChI=1S/C19H28N4O4/c1-12(2)17(20)19(26)21-11-16(24)22-14-5-3-13(4-6-14)18(25)23-15-7-9-27-10-8-15/h3-6,12,15,17H,7-11,20H2,1-2H3,(H,21,26)(H,22,24)(H,23,25)/t17-/m0/s1. The molecule has 1 atom stereocenters. The van der Waals surface area contributed by atoms with Gasteiger partial charge in [0.1, 0.15) is 0 Å². The first kappa shape index (κ1) is 20.9. The molecular formula is C19H28N4O4. The lowest BCUT2D eigenvalue weighted by atomic mass is 10.1. The average Bonchev–Trinajstić information content (AvgIpc) is 2.66. The smallest absolute Gasteiger partial charge is 0.251 e. The molecule has 1 fully saturated rings. The molecule has 0 unspecified atom stereocenters. The summed E-state index contributed by atoms with van der Waals surface area (Å²) < 4.78 is 5.27. The van der Waals surface area contributed by atoms with Crippen molar-refractivity contribution in [2.24, 2.45) is 11.7 Å². The number of benzene rings is 1. The van der Waals surface area contributed by atoms with E-state index in [1.807, 2.05) is 13.8 Å². The molecule has 1 saturated heterocycles. The average molecular weight is 376 g/mol. The highest BCUT2D eigenvalue weighted by Crippen LogP contribution is 2.11. The second kappa shape index (κ2) is 10.0. The van der Waals surface area contributed by atoms with Crippen LogP contribution in [0, 0.1) is 5.92 Å². The Labute approximate surface area is 159 Å². The molecule has 1 aliphatic heterocycles. The van der Waals surface area contributed by atoms with Gasteiger partial charge < -0.3 is 26.4 Å². The predicted octanol–water partition coefficient (Wildman–Crippen LogP) is 0.633. The van der Waals surface area contributed by atoms with Crippen molar-refractivity contribution in [1.29, 1.82) is 0 Å². The van der Waals surface area contributed by atoms with Gasteiger partial charge in [0, 0.05) is 30.5 Å². The lowest BCUT2D eigenvalue weighted by Gasteiger charge is -2.23. The molecule has 0 saturated carbocycles. The minimum atomic E-state index is -0.647. The molecule has 0 radical (unpaired) electrons. The SMILES string of the molecule is CC(C)[C@H](N)C(=O)NCC(=O)Nc1ccc(C(=O)NC2CCOCC2)cc1. The zero-order chi connectivity index (χ0) is 19.8. The highest BCUT2D eigenvalue weighted by atomic mass is 16.5. The fraction of sp³-hybridized carbons (Fsp3) is 0.526. The van der Waals surface area contributed by atoms with Crippen LogP contribution in [0.2, 0.25) is 0 Å². The third kappa shape index (κ3) is 6.65. The van der Waals surface area contributed by atoms with Crippen molar-refractivity contribution in [2.75, 3.05) is 25.1 Å². The Morgan fingerprint density at radius 3 is 2.37 bits per heavy atom. The molecule has 8 nitrogen and oxygen atoms in total. The van der Waals surface area contributed by atoms with Crippen molar-refractivity contribution in [3.8, 4) is 0 Å². The number of anilines is 1. The number of carbonyl (C=O) groups excluding carboxylic acids is 3. The Bertz CT molecular complexity index is 654. The van der Waals surface area contributed by atoms with Gasteiger partial charge in [-0.15, -0.1) is 0 Å². The molecule has 0 spiro atoms. The minimum absolute atomic E-state index is 0.00659. The van der Waals surface area contributed by atoms with Crippen LogP contribution in [0.5, 0.6) is 0 Å². The summed E-state index contributed by atoms with van der Waals surface area (Å²) in [4.78, 5) is 35.9. The first-order chi connectivity index (χ1) is 12.9. The van der Waals surface area contributed by atoms with Gasteiger partial charge in [-0.2, -0.15) is 0 Å². The summed E-state index contributed by atoms with van der Waals surface area (Å²) in [7, 11) is 0. The van der Waals surface area contributed by atoms with E-state index in [4.69, 9.17) is 10.5 Å². The maximum atomic E-state index is 12.2. The van der Waals surface area contributed by atoms with Gasteiger partial charge in [0.05, 0.1) is 12.6 Å². The number of nitrogens with one attached hydrogen (secondary N) is 3. The van der Waals surface area contributed by atoms with Crippen molar-refractivity contribution < 1.29 is 19.1 Å². The third-order valence-electron chi connectivity index (χ3n) is 4.43. The van der Waals surface area contributed by atoms with E-state index in [1.54, 1.807) is 24.3 Å². The van der Waals surface area contributed by atoms with Crippen molar-refractivity contribution in [3.63, 3.8) is 0 Å². The Kier molecular flexibility index (Phi) is 7.75. The highest BCUT2D eigenvalue weighted by Gasteiger charge is 2.18. The van der Waals surface area contributed by atoms with Crippen LogP contribution < -0.4 is 21.7 Å². The minimum Gasteiger partial charge on any atom is -0.381 e.